The molecule has 0 aromatic carbocycles. The Morgan fingerprint density at radius 3 is 3.21 bits per heavy atom. The Kier molecular flexibility index (Phi) is 4.63. The molecule has 2 rings (SSSR count). The molecular weight excluding hydrogens is 262 g/mol. The highest BCUT2D eigenvalue weighted by molar-refractivity contribution is 7.09. The van der Waals surface area contributed by atoms with Gasteiger partial charge in [-0.1, -0.05) is 0 Å². The lowest BCUT2D eigenvalue weighted by molar-refractivity contribution is -0.120. The van der Waals surface area contributed by atoms with E-state index in [4.69, 9.17) is 4.42 Å². The quantitative estimate of drug-likeness (QED) is 0.673. The normalized spacial score (nSPS) is 11.4. The Bertz CT molecular complexity index is 585. The number of aromatic nitrogens is 1. The summed E-state index contributed by atoms with van der Waals surface area (Å²) in [6.45, 7) is 1.91. The molecule has 0 bridgehead atoms. The topological polar surface area (TPSA) is 67.5 Å². The van der Waals surface area contributed by atoms with Gasteiger partial charge in [0.15, 0.2) is 0 Å². The van der Waals surface area contributed by atoms with Gasteiger partial charge in [-0.05, 0) is 31.2 Å². The fraction of sp³-hybridized carbons (Fsp3) is 0.154. The zero-order chi connectivity index (χ0) is 13.5. The molecule has 98 valence electrons. The molecule has 0 radical (unpaired) electrons. The lowest BCUT2D eigenvalue weighted by Crippen LogP contribution is -2.19. The lowest BCUT2D eigenvalue weighted by Gasteiger charge is -1.95. The van der Waals surface area contributed by atoms with Gasteiger partial charge in [0, 0.05) is 11.6 Å². The SMILES string of the molecule is Cc1nc(CC(=O)N/N=C/C=C/c2ccco2)cs1. The zero-order valence-electron chi connectivity index (χ0n) is 10.4. The van der Waals surface area contributed by atoms with Gasteiger partial charge in [0.1, 0.15) is 5.76 Å². The molecule has 0 saturated carbocycles. The van der Waals surface area contributed by atoms with Gasteiger partial charge in [0.2, 0.25) is 5.91 Å². The summed E-state index contributed by atoms with van der Waals surface area (Å²) in [5.41, 5.74) is 3.20. The van der Waals surface area contributed by atoms with E-state index in [-0.39, 0.29) is 12.3 Å². The van der Waals surface area contributed by atoms with Crippen LogP contribution in [-0.4, -0.2) is 17.1 Å². The fourth-order valence-electron chi connectivity index (χ4n) is 1.37. The first-order valence-corrected chi connectivity index (χ1v) is 6.55. The number of rotatable bonds is 5. The molecule has 1 N–H and O–H groups in total. The molecular formula is C13H13N3O2S. The van der Waals surface area contributed by atoms with E-state index in [1.165, 1.54) is 17.6 Å². The van der Waals surface area contributed by atoms with Crippen LogP contribution < -0.4 is 5.43 Å². The standard InChI is InChI=1S/C13H13N3O2S/c1-10-15-11(9-19-10)8-13(17)16-14-6-2-4-12-5-3-7-18-12/h2-7,9H,8H2,1H3,(H,16,17)/b4-2+,14-6+. The zero-order valence-corrected chi connectivity index (χ0v) is 11.2. The highest BCUT2D eigenvalue weighted by Crippen LogP contribution is 2.08. The Morgan fingerprint density at radius 2 is 2.53 bits per heavy atom. The number of hydrogen-bond donors (Lipinski definition) is 1. The van der Waals surface area contributed by atoms with Gasteiger partial charge in [0.25, 0.3) is 0 Å². The summed E-state index contributed by atoms with van der Waals surface area (Å²) in [5, 5.41) is 6.62. The fourth-order valence-corrected chi connectivity index (χ4v) is 1.98. The van der Waals surface area contributed by atoms with Crippen LogP contribution in [0, 0.1) is 6.92 Å². The molecule has 2 aromatic rings. The third kappa shape index (κ3) is 4.51. The van der Waals surface area contributed by atoms with E-state index >= 15 is 0 Å². The largest absolute Gasteiger partial charge is 0.465 e. The molecule has 1 amide bonds. The summed E-state index contributed by atoms with van der Waals surface area (Å²) in [4.78, 5) is 15.7. The third-order valence-corrected chi connectivity index (χ3v) is 2.98. The molecule has 0 aliphatic heterocycles. The van der Waals surface area contributed by atoms with Gasteiger partial charge in [0.05, 0.1) is 23.4 Å². The second-order valence-electron chi connectivity index (χ2n) is 3.72. The van der Waals surface area contributed by atoms with Gasteiger partial charge in [-0.25, -0.2) is 10.4 Å². The smallest absolute Gasteiger partial charge is 0.246 e. The number of nitrogens with zero attached hydrogens (tertiary/aromatic N) is 2. The molecule has 6 heteroatoms. The first kappa shape index (κ1) is 13.2. The van der Waals surface area contributed by atoms with Gasteiger partial charge < -0.3 is 4.42 Å². The predicted octanol–water partition coefficient (Wildman–Crippen LogP) is 2.40. The molecule has 5 nitrogen and oxygen atoms in total. The first-order valence-electron chi connectivity index (χ1n) is 5.67. The van der Waals surface area contributed by atoms with Crippen LogP contribution in [-0.2, 0) is 11.2 Å². The number of nitrogens with one attached hydrogen (secondary N) is 1. The molecule has 0 aliphatic carbocycles. The van der Waals surface area contributed by atoms with E-state index in [1.54, 1.807) is 24.5 Å². The Labute approximate surface area is 114 Å². The molecule has 0 atom stereocenters. The molecule has 0 saturated heterocycles. The van der Waals surface area contributed by atoms with Crippen molar-refractivity contribution in [1.82, 2.24) is 10.4 Å². The molecule has 0 spiro atoms. The van der Waals surface area contributed by atoms with Crippen molar-refractivity contribution in [3.05, 3.63) is 46.3 Å². The van der Waals surface area contributed by atoms with E-state index < -0.39 is 0 Å². The highest BCUT2D eigenvalue weighted by Gasteiger charge is 2.04. The summed E-state index contributed by atoms with van der Waals surface area (Å²) in [7, 11) is 0. The molecule has 2 aromatic heterocycles. The number of hydrogen-bond acceptors (Lipinski definition) is 5. The molecule has 2 heterocycles. The number of carbonyl (C=O) groups is 1. The lowest BCUT2D eigenvalue weighted by atomic mass is 10.3. The minimum Gasteiger partial charge on any atom is -0.465 e. The molecule has 0 fully saturated rings. The number of amides is 1. The predicted molar refractivity (Wildman–Crippen MR) is 74.9 cm³/mol. The Morgan fingerprint density at radius 1 is 1.63 bits per heavy atom. The first-order chi connectivity index (χ1) is 9.24. The van der Waals surface area contributed by atoms with Gasteiger partial charge in [-0.2, -0.15) is 5.10 Å². The molecule has 0 aliphatic rings. The van der Waals surface area contributed by atoms with Crippen molar-refractivity contribution >= 4 is 29.5 Å². The van der Waals surface area contributed by atoms with Crippen molar-refractivity contribution < 1.29 is 9.21 Å². The third-order valence-electron chi connectivity index (χ3n) is 2.16. The summed E-state index contributed by atoms with van der Waals surface area (Å²) < 4.78 is 5.10. The van der Waals surface area contributed by atoms with Crippen LogP contribution in [0.25, 0.3) is 6.08 Å². The van der Waals surface area contributed by atoms with Crippen molar-refractivity contribution in [3.63, 3.8) is 0 Å². The summed E-state index contributed by atoms with van der Waals surface area (Å²) >= 11 is 1.53. The summed E-state index contributed by atoms with van der Waals surface area (Å²) in [6, 6.07) is 3.63. The second kappa shape index (κ2) is 6.65. The van der Waals surface area contributed by atoms with Crippen molar-refractivity contribution in [3.8, 4) is 0 Å². The summed E-state index contributed by atoms with van der Waals surface area (Å²) in [5.74, 6) is 0.545. The Hall–Kier alpha value is -2.21. The van der Waals surface area contributed by atoms with Crippen LogP contribution >= 0.6 is 11.3 Å². The van der Waals surface area contributed by atoms with Crippen molar-refractivity contribution in [2.24, 2.45) is 5.10 Å². The number of aryl methyl sites for hydroxylation is 1. The Balaban J connectivity index is 1.74. The van der Waals surface area contributed by atoms with Crippen LogP contribution in [0.15, 0.2) is 39.4 Å². The maximum atomic E-state index is 11.5. The molecule has 0 unspecified atom stereocenters. The van der Waals surface area contributed by atoms with E-state index in [2.05, 4.69) is 15.5 Å². The number of hydrazone groups is 1. The van der Waals surface area contributed by atoms with Crippen molar-refractivity contribution in [2.75, 3.05) is 0 Å². The molecule has 19 heavy (non-hydrogen) atoms. The maximum Gasteiger partial charge on any atom is 0.246 e. The number of carbonyl (C=O) groups excluding carboxylic acids is 1. The highest BCUT2D eigenvalue weighted by atomic mass is 32.1. The second-order valence-corrected chi connectivity index (χ2v) is 4.78. The van der Waals surface area contributed by atoms with Gasteiger partial charge >= 0.3 is 0 Å². The van der Waals surface area contributed by atoms with Crippen LogP contribution in [0.3, 0.4) is 0 Å². The average molecular weight is 275 g/mol. The van der Waals surface area contributed by atoms with Crippen molar-refractivity contribution in [1.29, 1.82) is 0 Å². The van der Waals surface area contributed by atoms with Gasteiger partial charge in [-0.15, -0.1) is 11.3 Å². The number of allylic oxidation sites excluding steroid dienone is 1. The van der Waals surface area contributed by atoms with Crippen LogP contribution in [0.4, 0.5) is 0 Å². The number of furan rings is 1. The van der Waals surface area contributed by atoms with E-state index in [0.717, 1.165) is 16.5 Å². The van der Waals surface area contributed by atoms with Gasteiger partial charge in [-0.3, -0.25) is 4.79 Å². The number of thiazole rings is 1. The monoisotopic (exact) mass is 275 g/mol. The van der Waals surface area contributed by atoms with E-state index in [9.17, 15) is 4.79 Å². The van der Waals surface area contributed by atoms with Crippen LogP contribution in [0.1, 0.15) is 16.5 Å². The van der Waals surface area contributed by atoms with E-state index in [0.29, 0.717) is 0 Å². The van der Waals surface area contributed by atoms with Crippen molar-refractivity contribution in [2.45, 2.75) is 13.3 Å². The average Bonchev–Trinajstić information content (AvgIpc) is 3.01. The van der Waals surface area contributed by atoms with Crippen LogP contribution in [0.2, 0.25) is 0 Å². The van der Waals surface area contributed by atoms with Crippen LogP contribution in [0.5, 0.6) is 0 Å². The minimum absolute atomic E-state index is 0.187. The maximum absolute atomic E-state index is 11.5. The van der Waals surface area contributed by atoms with E-state index in [1.807, 2.05) is 18.4 Å². The minimum atomic E-state index is -0.187. The summed E-state index contributed by atoms with van der Waals surface area (Å²) in [6.07, 6.45) is 6.76.